The van der Waals surface area contributed by atoms with Crippen LogP contribution < -0.4 is 5.11 Å². The number of hydrogen-bond donors (Lipinski definition) is 1. The summed E-state index contributed by atoms with van der Waals surface area (Å²) in [6.07, 6.45) is 15.2. The molecule has 4 aliphatic rings. The van der Waals surface area contributed by atoms with Gasteiger partial charge in [-0.1, -0.05) is 25.7 Å². The van der Waals surface area contributed by atoms with Crippen molar-refractivity contribution in [3.63, 3.8) is 0 Å². The van der Waals surface area contributed by atoms with Crippen molar-refractivity contribution in [2.75, 3.05) is 52.4 Å². The lowest BCUT2D eigenvalue weighted by molar-refractivity contribution is -0.275. The van der Waals surface area contributed by atoms with Crippen molar-refractivity contribution in [1.29, 1.82) is 0 Å². The van der Waals surface area contributed by atoms with Crippen LogP contribution >= 0.6 is 7.87 Å². The molecule has 0 amide bonds. The minimum Gasteiger partial charge on any atom is -0.565 e. The Kier molecular flexibility index (Phi) is 9.45. The van der Waals surface area contributed by atoms with Crippen LogP contribution in [0.5, 0.6) is 0 Å². The van der Waals surface area contributed by atoms with Gasteiger partial charge in [0.15, 0.2) is 0 Å². The van der Waals surface area contributed by atoms with Gasteiger partial charge in [-0.15, -0.1) is 18.7 Å². The first-order chi connectivity index (χ1) is 14.2. The van der Waals surface area contributed by atoms with E-state index < -0.39 is 14.0 Å². The van der Waals surface area contributed by atoms with Crippen LogP contribution in [0.1, 0.15) is 77.0 Å². The Morgan fingerprint density at radius 2 is 0.690 bits per heavy atom. The van der Waals surface area contributed by atoms with E-state index in [9.17, 15) is 0 Å². The van der Waals surface area contributed by atoms with Gasteiger partial charge in [-0.05, 0) is 51.4 Å². The summed E-state index contributed by atoms with van der Waals surface area (Å²) in [5, 5.41) is 15.3. The SMILES string of the molecule is C1CCN([P+](N2CCCCC2)(N2CCCCC2)N2CCCCC2)CC1.O=C([O-])O. The monoisotopic (exact) mass is 428 g/mol. The maximum absolute atomic E-state index is 8.44. The summed E-state index contributed by atoms with van der Waals surface area (Å²) >= 11 is 0. The van der Waals surface area contributed by atoms with E-state index in [4.69, 9.17) is 15.0 Å². The quantitative estimate of drug-likeness (QED) is 0.687. The first kappa shape index (κ1) is 23.2. The lowest BCUT2D eigenvalue weighted by atomic mass is 10.2. The normalized spacial score (nSPS) is 26.5. The summed E-state index contributed by atoms with van der Waals surface area (Å²) < 4.78 is 12.2. The Morgan fingerprint density at radius 1 is 0.517 bits per heavy atom. The molecule has 4 fully saturated rings. The maximum Gasteiger partial charge on any atom is 0.308 e. The molecule has 29 heavy (non-hydrogen) atoms. The Labute approximate surface area is 177 Å². The number of carbonyl (C=O) groups is 1. The molecular formula is C21H41N4O3P. The van der Waals surface area contributed by atoms with E-state index in [1.807, 2.05) is 0 Å². The van der Waals surface area contributed by atoms with Gasteiger partial charge in [0.05, 0.1) is 0 Å². The van der Waals surface area contributed by atoms with Gasteiger partial charge >= 0.3 is 7.87 Å². The van der Waals surface area contributed by atoms with Crippen molar-refractivity contribution in [3.05, 3.63) is 0 Å². The van der Waals surface area contributed by atoms with Crippen LogP contribution in [0.3, 0.4) is 0 Å². The fourth-order valence-corrected chi connectivity index (χ4v) is 11.1. The summed E-state index contributed by atoms with van der Waals surface area (Å²) in [7, 11) is -1.46. The summed E-state index contributed by atoms with van der Waals surface area (Å²) in [4.78, 5) is 8.44. The molecule has 0 spiro atoms. The third-order valence-electron chi connectivity index (χ3n) is 6.85. The maximum atomic E-state index is 8.44. The highest BCUT2D eigenvalue weighted by molar-refractivity contribution is 7.66. The number of rotatable bonds is 4. The molecule has 4 aliphatic heterocycles. The molecular weight excluding hydrogens is 387 g/mol. The highest BCUT2D eigenvalue weighted by Crippen LogP contribution is 2.71. The second-order valence-corrected chi connectivity index (χ2v) is 12.2. The minimum atomic E-state index is -2.08. The van der Waals surface area contributed by atoms with E-state index in [1.165, 1.54) is 129 Å². The highest BCUT2D eigenvalue weighted by Gasteiger charge is 2.61. The van der Waals surface area contributed by atoms with Crippen LogP contribution in [0.4, 0.5) is 4.79 Å². The number of piperidine rings is 4. The van der Waals surface area contributed by atoms with Gasteiger partial charge in [0, 0.05) is 52.4 Å². The average Bonchev–Trinajstić information content (AvgIpc) is 2.77. The van der Waals surface area contributed by atoms with Gasteiger partial charge in [-0.25, -0.2) is 0 Å². The van der Waals surface area contributed by atoms with Crippen molar-refractivity contribution in [2.45, 2.75) is 77.0 Å². The number of carboxylic acid groups (broad SMARTS) is 2. The number of nitrogens with zero attached hydrogens (tertiary/aromatic N) is 4. The van der Waals surface area contributed by atoms with Gasteiger partial charge in [0.2, 0.25) is 6.16 Å². The highest BCUT2D eigenvalue weighted by atomic mass is 31.2. The van der Waals surface area contributed by atoms with Gasteiger partial charge in [0.1, 0.15) is 0 Å². The van der Waals surface area contributed by atoms with Crippen LogP contribution in [0.15, 0.2) is 0 Å². The molecule has 0 aromatic rings. The second-order valence-electron chi connectivity index (χ2n) is 8.86. The Bertz CT molecular complexity index is 405. The zero-order chi connectivity index (χ0) is 20.5. The molecule has 4 saturated heterocycles. The van der Waals surface area contributed by atoms with Gasteiger partial charge < -0.3 is 15.0 Å². The van der Waals surface area contributed by atoms with E-state index in [0.29, 0.717) is 0 Å². The Hall–Kier alpha value is -0.460. The minimum absolute atomic E-state index is 1.36. The van der Waals surface area contributed by atoms with Gasteiger partial charge in [-0.3, -0.25) is 0 Å². The van der Waals surface area contributed by atoms with Crippen LogP contribution in [0.25, 0.3) is 0 Å². The predicted molar refractivity (Wildman–Crippen MR) is 117 cm³/mol. The molecule has 7 nitrogen and oxygen atoms in total. The largest absolute Gasteiger partial charge is 0.565 e. The topological polar surface area (TPSA) is 73.3 Å². The third-order valence-corrected chi connectivity index (χ3v) is 11.5. The number of hydrogen-bond acceptors (Lipinski definition) is 6. The zero-order valence-electron chi connectivity index (χ0n) is 18.1. The van der Waals surface area contributed by atoms with Crippen LogP contribution in [0, 0.1) is 0 Å². The van der Waals surface area contributed by atoms with Gasteiger partial charge in [0.25, 0.3) is 0 Å². The molecule has 8 heteroatoms. The van der Waals surface area contributed by atoms with E-state index in [1.54, 1.807) is 0 Å². The molecule has 0 radical (unpaired) electrons. The summed E-state index contributed by atoms with van der Waals surface area (Å²) in [5.41, 5.74) is 0. The first-order valence-electron chi connectivity index (χ1n) is 12.0. The molecule has 0 saturated carbocycles. The Balaban J connectivity index is 0.000000552. The summed E-state index contributed by atoms with van der Waals surface area (Å²) in [5.74, 6) is 0. The van der Waals surface area contributed by atoms with Gasteiger partial charge in [-0.2, -0.15) is 0 Å². The summed E-state index contributed by atoms with van der Waals surface area (Å²) in [6, 6.07) is 0. The molecule has 0 aromatic heterocycles. The van der Waals surface area contributed by atoms with Crippen molar-refractivity contribution >= 4 is 14.0 Å². The molecule has 0 aromatic carbocycles. The van der Waals surface area contributed by atoms with Crippen molar-refractivity contribution in [3.8, 4) is 0 Å². The zero-order valence-corrected chi connectivity index (χ0v) is 19.0. The molecule has 4 heterocycles. The molecule has 4 rings (SSSR count). The van der Waals surface area contributed by atoms with E-state index in [2.05, 4.69) is 18.7 Å². The third kappa shape index (κ3) is 5.82. The molecule has 0 unspecified atom stereocenters. The lowest BCUT2D eigenvalue weighted by Crippen LogP contribution is -2.56. The van der Waals surface area contributed by atoms with Crippen molar-refractivity contribution < 1.29 is 15.0 Å². The molecule has 1 N–H and O–H groups in total. The second kappa shape index (κ2) is 11.8. The van der Waals surface area contributed by atoms with Crippen LogP contribution in [-0.4, -0.2) is 82.3 Å². The predicted octanol–water partition coefficient (Wildman–Crippen LogP) is 3.50. The fourth-order valence-electron chi connectivity index (χ4n) is 5.66. The average molecular weight is 429 g/mol. The lowest BCUT2D eigenvalue weighted by Gasteiger charge is -2.54. The summed E-state index contributed by atoms with van der Waals surface area (Å²) in [6.45, 7) is 10.9. The molecule has 168 valence electrons. The van der Waals surface area contributed by atoms with Crippen LogP contribution in [0.2, 0.25) is 0 Å². The smallest absolute Gasteiger partial charge is 0.308 e. The first-order valence-corrected chi connectivity index (χ1v) is 13.6. The fraction of sp³-hybridized carbons (Fsp3) is 0.952. The van der Waals surface area contributed by atoms with Crippen molar-refractivity contribution in [1.82, 2.24) is 18.7 Å². The molecule has 0 bridgehead atoms. The van der Waals surface area contributed by atoms with E-state index in [-0.39, 0.29) is 0 Å². The standard InChI is InChI=1S/C20H40N4P.CH2O3/c1-5-13-21(14-6-1)25(22-15-7-2-8-16-22,23-17-9-3-10-18-23)24-19-11-4-12-20-24;2-1(3)4/h1-20H2;(H2,2,3,4)/q+1;/p-1. The Morgan fingerprint density at radius 3 is 0.862 bits per heavy atom. The van der Waals surface area contributed by atoms with Crippen molar-refractivity contribution in [2.24, 2.45) is 0 Å². The molecule has 0 atom stereocenters. The van der Waals surface area contributed by atoms with E-state index >= 15 is 0 Å². The molecule has 0 aliphatic carbocycles. The van der Waals surface area contributed by atoms with E-state index in [0.717, 1.165) is 0 Å². The van der Waals surface area contributed by atoms with Crippen LogP contribution in [-0.2, 0) is 0 Å².